The third-order valence-corrected chi connectivity index (χ3v) is 4.03. The molecular formula is C16H19ClN2O3. The van der Waals surface area contributed by atoms with E-state index < -0.39 is 0 Å². The van der Waals surface area contributed by atoms with Crippen molar-refractivity contribution < 1.29 is 14.3 Å². The highest BCUT2D eigenvalue weighted by Gasteiger charge is 2.29. The van der Waals surface area contributed by atoms with Gasteiger partial charge in [0.05, 0.1) is 7.11 Å². The van der Waals surface area contributed by atoms with E-state index in [-0.39, 0.29) is 24.2 Å². The number of hydrogen-bond acceptors (Lipinski definition) is 4. The van der Waals surface area contributed by atoms with E-state index in [1.165, 1.54) is 10.5 Å². The zero-order valence-electron chi connectivity index (χ0n) is 12.5. The summed E-state index contributed by atoms with van der Waals surface area (Å²) < 4.78 is 5.25. The molecule has 0 saturated carbocycles. The van der Waals surface area contributed by atoms with E-state index in [2.05, 4.69) is 4.99 Å². The Morgan fingerprint density at radius 1 is 1.18 bits per heavy atom. The molecular weight excluding hydrogens is 304 g/mol. The highest BCUT2D eigenvalue weighted by atomic mass is 35.5. The fraction of sp³-hybridized carbons (Fsp3) is 0.438. The van der Waals surface area contributed by atoms with Crippen molar-refractivity contribution in [2.75, 3.05) is 20.2 Å². The number of fused-ring (bicyclic) bond motifs is 1. The smallest absolute Gasteiger partial charge is 0.229 e. The molecule has 0 bridgehead atoms. The first-order valence-electron chi connectivity index (χ1n) is 7.23. The Morgan fingerprint density at radius 2 is 1.91 bits per heavy atom. The van der Waals surface area contributed by atoms with Crippen molar-refractivity contribution in [3.05, 3.63) is 29.3 Å². The summed E-state index contributed by atoms with van der Waals surface area (Å²) in [6, 6.07) is 5.97. The van der Waals surface area contributed by atoms with Crippen molar-refractivity contribution in [1.82, 2.24) is 4.90 Å². The fourth-order valence-electron chi connectivity index (χ4n) is 2.89. The lowest BCUT2D eigenvalue weighted by atomic mass is 9.95. The van der Waals surface area contributed by atoms with Crippen molar-refractivity contribution in [1.29, 1.82) is 0 Å². The van der Waals surface area contributed by atoms with Gasteiger partial charge in [-0.3, -0.25) is 19.5 Å². The van der Waals surface area contributed by atoms with Crippen LogP contribution in [0.2, 0.25) is 0 Å². The minimum absolute atomic E-state index is 0. The first-order valence-corrected chi connectivity index (χ1v) is 7.23. The van der Waals surface area contributed by atoms with E-state index in [1.807, 2.05) is 18.2 Å². The summed E-state index contributed by atoms with van der Waals surface area (Å²) in [5, 5.41) is 0. The number of carbonyl (C=O) groups excluding carboxylic acids is 2. The Kier molecular flexibility index (Phi) is 5.19. The van der Waals surface area contributed by atoms with Crippen LogP contribution >= 0.6 is 12.4 Å². The van der Waals surface area contributed by atoms with Gasteiger partial charge in [0.15, 0.2) is 0 Å². The predicted octanol–water partition coefficient (Wildman–Crippen LogP) is 2.00. The van der Waals surface area contributed by atoms with Crippen LogP contribution in [0.25, 0.3) is 0 Å². The topological polar surface area (TPSA) is 59.0 Å². The molecule has 0 aliphatic carbocycles. The number of ether oxygens (including phenoxy) is 1. The molecule has 2 aliphatic rings. The molecule has 0 atom stereocenters. The first kappa shape index (κ1) is 16.5. The van der Waals surface area contributed by atoms with Gasteiger partial charge in [-0.2, -0.15) is 0 Å². The first-order chi connectivity index (χ1) is 10.2. The quantitative estimate of drug-likeness (QED) is 0.797. The molecule has 1 aromatic rings. The fourth-order valence-corrected chi connectivity index (χ4v) is 2.89. The van der Waals surface area contributed by atoms with Gasteiger partial charge in [0.2, 0.25) is 11.8 Å². The van der Waals surface area contributed by atoms with Crippen molar-refractivity contribution in [3.63, 3.8) is 0 Å². The van der Waals surface area contributed by atoms with Gasteiger partial charge < -0.3 is 4.74 Å². The third kappa shape index (κ3) is 3.14. The average molecular weight is 323 g/mol. The van der Waals surface area contributed by atoms with Gasteiger partial charge in [0.25, 0.3) is 0 Å². The number of amides is 2. The van der Waals surface area contributed by atoms with Crippen molar-refractivity contribution >= 4 is 29.9 Å². The molecule has 0 unspecified atom stereocenters. The molecule has 2 heterocycles. The third-order valence-electron chi connectivity index (χ3n) is 4.03. The second-order valence-corrected chi connectivity index (χ2v) is 5.29. The molecule has 6 heteroatoms. The molecule has 0 radical (unpaired) electrons. The molecule has 1 aromatic carbocycles. The molecule has 0 spiro atoms. The van der Waals surface area contributed by atoms with E-state index in [0.717, 1.165) is 30.0 Å². The molecule has 0 N–H and O–H groups in total. The van der Waals surface area contributed by atoms with Gasteiger partial charge in [-0.05, 0) is 35.7 Å². The molecule has 3 rings (SSSR count). The highest BCUT2D eigenvalue weighted by Crippen LogP contribution is 2.23. The molecule has 118 valence electrons. The van der Waals surface area contributed by atoms with Crippen LogP contribution in [0.5, 0.6) is 5.75 Å². The Hall–Kier alpha value is -1.88. The minimum atomic E-state index is -0.0636. The summed E-state index contributed by atoms with van der Waals surface area (Å²) >= 11 is 0. The molecule has 2 aliphatic heterocycles. The molecule has 1 saturated heterocycles. The second kappa shape index (κ2) is 6.92. The largest absolute Gasteiger partial charge is 0.497 e. The number of methoxy groups -OCH3 is 1. The van der Waals surface area contributed by atoms with Crippen LogP contribution in [0.15, 0.2) is 23.2 Å². The summed E-state index contributed by atoms with van der Waals surface area (Å²) in [7, 11) is 1.66. The summed E-state index contributed by atoms with van der Waals surface area (Å²) in [6.07, 6.45) is 2.21. The van der Waals surface area contributed by atoms with Gasteiger partial charge >= 0.3 is 0 Å². The number of aliphatic imine (C=N–C) groups is 1. The number of carbonyl (C=O) groups is 2. The summed E-state index contributed by atoms with van der Waals surface area (Å²) in [6.45, 7) is 1.18. The van der Waals surface area contributed by atoms with Gasteiger partial charge in [0.1, 0.15) is 5.75 Å². The zero-order chi connectivity index (χ0) is 14.8. The van der Waals surface area contributed by atoms with Crippen molar-refractivity contribution in [3.8, 4) is 5.75 Å². The van der Waals surface area contributed by atoms with Crippen molar-refractivity contribution in [2.45, 2.75) is 25.7 Å². The van der Waals surface area contributed by atoms with E-state index in [4.69, 9.17) is 4.74 Å². The van der Waals surface area contributed by atoms with Crippen LogP contribution in [0.1, 0.15) is 30.4 Å². The number of hydrogen-bond donors (Lipinski definition) is 0. The summed E-state index contributed by atoms with van der Waals surface area (Å²) in [5.74, 6) is 0.720. The lowest BCUT2D eigenvalue weighted by Gasteiger charge is -2.20. The molecule has 22 heavy (non-hydrogen) atoms. The lowest BCUT2D eigenvalue weighted by Crippen LogP contribution is -2.31. The second-order valence-electron chi connectivity index (χ2n) is 5.29. The summed E-state index contributed by atoms with van der Waals surface area (Å²) in [4.78, 5) is 29.2. The van der Waals surface area contributed by atoms with Crippen LogP contribution in [0, 0.1) is 0 Å². The van der Waals surface area contributed by atoms with Gasteiger partial charge in [-0.25, -0.2) is 0 Å². The maximum absolute atomic E-state index is 11.6. The number of rotatable bonds is 4. The van der Waals surface area contributed by atoms with E-state index in [1.54, 1.807) is 7.11 Å². The zero-order valence-corrected chi connectivity index (χ0v) is 13.3. The van der Waals surface area contributed by atoms with Crippen LogP contribution in [-0.4, -0.2) is 42.6 Å². The van der Waals surface area contributed by atoms with Crippen molar-refractivity contribution in [2.24, 2.45) is 4.99 Å². The standard InChI is InChI=1S/C16H18N2O3.ClH/c1-21-12-2-3-13-11(10-12)6-8-17-14(13)7-9-18-15(19)4-5-16(18)20;/h2-3,10H,4-9H2,1H3;1H. The van der Waals surface area contributed by atoms with Crippen LogP contribution < -0.4 is 4.74 Å². The highest BCUT2D eigenvalue weighted by molar-refractivity contribution is 6.05. The lowest BCUT2D eigenvalue weighted by molar-refractivity contribution is -0.138. The van der Waals surface area contributed by atoms with E-state index in [9.17, 15) is 9.59 Å². The van der Waals surface area contributed by atoms with Gasteiger partial charge in [0, 0.05) is 38.1 Å². The molecule has 0 aromatic heterocycles. The SMILES string of the molecule is COc1ccc2c(c1)CCN=C2CCN1C(=O)CCC1=O.Cl. The molecule has 2 amide bonds. The number of imide groups is 1. The number of halogens is 1. The van der Waals surface area contributed by atoms with Crippen LogP contribution in [0.4, 0.5) is 0 Å². The number of benzene rings is 1. The normalized spacial score (nSPS) is 17.0. The van der Waals surface area contributed by atoms with E-state index >= 15 is 0 Å². The summed E-state index contributed by atoms with van der Waals surface area (Å²) in [5.41, 5.74) is 3.31. The van der Waals surface area contributed by atoms with Gasteiger partial charge in [-0.1, -0.05) is 0 Å². The molecule has 1 fully saturated rings. The number of likely N-dealkylation sites (tertiary alicyclic amines) is 1. The monoisotopic (exact) mass is 322 g/mol. The Morgan fingerprint density at radius 3 is 2.59 bits per heavy atom. The maximum Gasteiger partial charge on any atom is 0.229 e. The predicted molar refractivity (Wildman–Crippen MR) is 85.9 cm³/mol. The van der Waals surface area contributed by atoms with Crippen LogP contribution in [-0.2, 0) is 16.0 Å². The Labute approximate surface area is 135 Å². The Bertz CT molecular complexity index is 612. The Balaban J connectivity index is 0.00000176. The van der Waals surface area contributed by atoms with Gasteiger partial charge in [-0.15, -0.1) is 12.4 Å². The number of nitrogens with zero attached hydrogens (tertiary/aromatic N) is 2. The van der Waals surface area contributed by atoms with Crippen LogP contribution in [0.3, 0.4) is 0 Å². The average Bonchev–Trinajstić information content (AvgIpc) is 2.83. The molecule has 5 nitrogen and oxygen atoms in total. The minimum Gasteiger partial charge on any atom is -0.497 e. The van der Waals surface area contributed by atoms with E-state index in [0.29, 0.717) is 25.8 Å². The maximum atomic E-state index is 11.6.